The molecule has 2 aromatic rings. The molecule has 0 radical (unpaired) electrons. The van der Waals surface area contributed by atoms with Gasteiger partial charge in [0.25, 0.3) is 0 Å². The van der Waals surface area contributed by atoms with Crippen LogP contribution < -0.4 is 4.74 Å². The summed E-state index contributed by atoms with van der Waals surface area (Å²) in [5.41, 5.74) is 2.61. The Kier molecular flexibility index (Phi) is 5.85. The lowest BCUT2D eigenvalue weighted by Crippen LogP contribution is -2.13. The normalized spacial score (nSPS) is 12.0. The smallest absolute Gasteiger partial charge is 0.355 e. The number of benzene rings is 1. The number of aliphatic hydroxyl groups excluding tert-OH is 1. The van der Waals surface area contributed by atoms with Crippen LogP contribution in [0.1, 0.15) is 40.3 Å². The Morgan fingerprint density at radius 1 is 1.35 bits per heavy atom. The molecule has 0 fully saturated rings. The monoisotopic (exact) mass is 381 g/mol. The van der Waals surface area contributed by atoms with Crippen LogP contribution in [0.2, 0.25) is 0 Å². The molecule has 2 N–H and O–H groups in total. The Balaban J connectivity index is 1.89. The summed E-state index contributed by atoms with van der Waals surface area (Å²) >= 11 is 3.36. The van der Waals surface area contributed by atoms with Crippen LogP contribution in [0.15, 0.2) is 28.7 Å². The summed E-state index contributed by atoms with van der Waals surface area (Å²) in [5.74, 6) is 0.258. The number of aryl methyl sites for hydroxylation is 1. The minimum atomic E-state index is -0.632. The zero-order chi connectivity index (χ0) is 17.0. The van der Waals surface area contributed by atoms with Crippen LogP contribution in [0.25, 0.3) is 0 Å². The van der Waals surface area contributed by atoms with Crippen LogP contribution >= 0.6 is 15.9 Å². The molecule has 0 amide bonds. The Morgan fingerprint density at radius 3 is 2.70 bits per heavy atom. The predicted molar refractivity (Wildman–Crippen MR) is 90.8 cm³/mol. The molecule has 0 bridgehead atoms. The van der Waals surface area contributed by atoms with E-state index in [-0.39, 0.29) is 13.2 Å². The van der Waals surface area contributed by atoms with Gasteiger partial charge in [0.2, 0.25) is 0 Å². The van der Waals surface area contributed by atoms with Gasteiger partial charge in [-0.2, -0.15) is 0 Å². The molecule has 124 valence electrons. The maximum atomic E-state index is 12.1. The first-order valence-corrected chi connectivity index (χ1v) is 8.12. The quantitative estimate of drug-likeness (QED) is 0.591. The van der Waals surface area contributed by atoms with Gasteiger partial charge in [-0.3, -0.25) is 0 Å². The number of aromatic amines is 1. The van der Waals surface area contributed by atoms with E-state index >= 15 is 0 Å². The standard InChI is InChI=1S/C17H20BrNO4/c1-10-15(12(3)20)11(2)19-16(10)17(21)23-8-7-22-14-6-4-5-13(18)9-14/h4-6,9,12,19-20H,7-8H2,1-3H3/t12-/m1/s1. The lowest BCUT2D eigenvalue weighted by Gasteiger charge is -2.08. The van der Waals surface area contributed by atoms with Crippen molar-refractivity contribution in [3.63, 3.8) is 0 Å². The second-order valence-electron chi connectivity index (χ2n) is 5.28. The summed E-state index contributed by atoms with van der Waals surface area (Å²) in [6.07, 6.45) is -0.632. The highest BCUT2D eigenvalue weighted by Gasteiger charge is 2.20. The SMILES string of the molecule is Cc1[nH]c(C(=O)OCCOc2cccc(Br)c2)c(C)c1[C@@H](C)O. The van der Waals surface area contributed by atoms with E-state index in [9.17, 15) is 9.90 Å². The maximum absolute atomic E-state index is 12.1. The molecule has 5 nitrogen and oxygen atoms in total. The van der Waals surface area contributed by atoms with E-state index in [1.807, 2.05) is 31.2 Å². The van der Waals surface area contributed by atoms with E-state index in [4.69, 9.17) is 9.47 Å². The molecular weight excluding hydrogens is 362 g/mol. The molecule has 0 aliphatic carbocycles. The first kappa shape index (κ1) is 17.6. The van der Waals surface area contributed by atoms with Gasteiger partial charge in [0, 0.05) is 15.7 Å². The minimum absolute atomic E-state index is 0.146. The number of esters is 1. The summed E-state index contributed by atoms with van der Waals surface area (Å²) in [7, 11) is 0. The molecule has 1 aromatic carbocycles. The second-order valence-corrected chi connectivity index (χ2v) is 6.20. The Morgan fingerprint density at radius 2 is 2.09 bits per heavy atom. The van der Waals surface area contributed by atoms with Gasteiger partial charge in [-0.15, -0.1) is 0 Å². The number of carbonyl (C=O) groups is 1. The highest BCUT2D eigenvalue weighted by molar-refractivity contribution is 9.10. The summed E-state index contributed by atoms with van der Waals surface area (Å²) in [5, 5.41) is 9.75. The van der Waals surface area contributed by atoms with Gasteiger partial charge in [0.05, 0.1) is 6.10 Å². The number of aliphatic hydroxyl groups is 1. The van der Waals surface area contributed by atoms with E-state index in [2.05, 4.69) is 20.9 Å². The van der Waals surface area contributed by atoms with Gasteiger partial charge in [-0.25, -0.2) is 4.79 Å². The van der Waals surface area contributed by atoms with Crippen LogP contribution in [0.3, 0.4) is 0 Å². The molecule has 0 aliphatic heterocycles. The molecule has 0 spiro atoms. The third-order valence-corrected chi connectivity index (χ3v) is 3.99. The van der Waals surface area contributed by atoms with Crippen molar-refractivity contribution in [2.24, 2.45) is 0 Å². The van der Waals surface area contributed by atoms with Gasteiger partial charge < -0.3 is 19.6 Å². The molecule has 0 saturated carbocycles. The van der Waals surface area contributed by atoms with Gasteiger partial charge in [-0.1, -0.05) is 22.0 Å². The van der Waals surface area contributed by atoms with Crippen molar-refractivity contribution in [2.75, 3.05) is 13.2 Å². The van der Waals surface area contributed by atoms with Crippen LogP contribution in [0.5, 0.6) is 5.75 Å². The van der Waals surface area contributed by atoms with Crippen molar-refractivity contribution < 1.29 is 19.4 Å². The van der Waals surface area contributed by atoms with Gasteiger partial charge in [0.1, 0.15) is 24.7 Å². The minimum Gasteiger partial charge on any atom is -0.490 e. The average molecular weight is 382 g/mol. The van der Waals surface area contributed by atoms with E-state index in [0.29, 0.717) is 11.4 Å². The van der Waals surface area contributed by atoms with Crippen LogP contribution in [-0.2, 0) is 4.74 Å². The van der Waals surface area contributed by atoms with Crippen LogP contribution in [-0.4, -0.2) is 29.3 Å². The number of aromatic nitrogens is 1. The van der Waals surface area contributed by atoms with Crippen molar-refractivity contribution in [1.29, 1.82) is 0 Å². The number of nitrogens with one attached hydrogen (secondary N) is 1. The summed E-state index contributed by atoms with van der Waals surface area (Å²) in [6.45, 7) is 5.70. The number of H-pyrrole nitrogens is 1. The molecule has 23 heavy (non-hydrogen) atoms. The van der Waals surface area contributed by atoms with Gasteiger partial charge >= 0.3 is 5.97 Å². The lowest BCUT2D eigenvalue weighted by molar-refractivity contribution is 0.0443. The molecule has 2 rings (SSSR count). The number of hydrogen-bond acceptors (Lipinski definition) is 4. The summed E-state index contributed by atoms with van der Waals surface area (Å²) in [6, 6.07) is 7.45. The van der Waals surface area contributed by atoms with Gasteiger partial charge in [-0.05, 0) is 44.5 Å². The number of halogens is 1. The third-order valence-electron chi connectivity index (χ3n) is 3.50. The molecule has 1 aromatic heterocycles. The first-order chi connectivity index (χ1) is 10.9. The average Bonchev–Trinajstić information content (AvgIpc) is 2.78. The van der Waals surface area contributed by atoms with Crippen molar-refractivity contribution in [2.45, 2.75) is 26.9 Å². The predicted octanol–water partition coefficient (Wildman–Crippen LogP) is 3.68. The van der Waals surface area contributed by atoms with Crippen molar-refractivity contribution in [3.8, 4) is 5.75 Å². The van der Waals surface area contributed by atoms with Crippen molar-refractivity contribution in [1.82, 2.24) is 4.98 Å². The Labute approximate surface area is 143 Å². The molecule has 6 heteroatoms. The third kappa shape index (κ3) is 4.36. The fraction of sp³-hybridized carbons (Fsp3) is 0.353. The number of ether oxygens (including phenoxy) is 2. The highest BCUT2D eigenvalue weighted by atomic mass is 79.9. The Bertz CT molecular complexity index is 694. The second kappa shape index (κ2) is 7.66. The molecule has 0 unspecified atom stereocenters. The lowest BCUT2D eigenvalue weighted by atomic mass is 10.1. The van der Waals surface area contributed by atoms with E-state index in [1.54, 1.807) is 13.8 Å². The summed E-state index contributed by atoms with van der Waals surface area (Å²) < 4.78 is 11.7. The molecule has 0 saturated heterocycles. The van der Waals surface area contributed by atoms with Gasteiger partial charge in [0.15, 0.2) is 0 Å². The highest BCUT2D eigenvalue weighted by Crippen LogP contribution is 2.24. The zero-order valence-corrected chi connectivity index (χ0v) is 14.9. The molecule has 1 heterocycles. The van der Waals surface area contributed by atoms with Crippen LogP contribution in [0, 0.1) is 13.8 Å². The van der Waals surface area contributed by atoms with Crippen molar-refractivity contribution in [3.05, 3.63) is 51.3 Å². The number of rotatable bonds is 6. The zero-order valence-electron chi connectivity index (χ0n) is 13.4. The fourth-order valence-corrected chi connectivity index (χ4v) is 2.90. The first-order valence-electron chi connectivity index (χ1n) is 7.32. The number of hydrogen-bond donors (Lipinski definition) is 2. The van der Waals surface area contributed by atoms with E-state index in [0.717, 1.165) is 21.3 Å². The molecule has 0 aliphatic rings. The van der Waals surface area contributed by atoms with E-state index in [1.165, 1.54) is 0 Å². The Hall–Kier alpha value is -1.79. The molecular formula is C17H20BrNO4. The topological polar surface area (TPSA) is 71.6 Å². The summed E-state index contributed by atoms with van der Waals surface area (Å²) in [4.78, 5) is 15.1. The molecule has 1 atom stereocenters. The fourth-order valence-electron chi connectivity index (χ4n) is 2.52. The largest absolute Gasteiger partial charge is 0.490 e. The van der Waals surface area contributed by atoms with E-state index < -0.39 is 12.1 Å². The van der Waals surface area contributed by atoms with Crippen molar-refractivity contribution >= 4 is 21.9 Å². The van der Waals surface area contributed by atoms with Crippen LogP contribution in [0.4, 0.5) is 0 Å². The number of carbonyl (C=O) groups excluding carboxylic acids is 1. The maximum Gasteiger partial charge on any atom is 0.355 e.